The van der Waals surface area contributed by atoms with Gasteiger partial charge in [0, 0.05) is 60.0 Å². The summed E-state index contributed by atoms with van der Waals surface area (Å²) in [5, 5.41) is 53.3. The van der Waals surface area contributed by atoms with Crippen LogP contribution in [0, 0.1) is 0 Å². The molecule has 2 aliphatic carbocycles. The van der Waals surface area contributed by atoms with E-state index in [0.717, 1.165) is 76.6 Å². The Morgan fingerprint density at radius 2 is 1.80 bits per heavy atom. The molecule has 1 aromatic heterocycles. The van der Waals surface area contributed by atoms with Crippen molar-refractivity contribution < 1.29 is 35.1 Å². The summed E-state index contributed by atoms with van der Waals surface area (Å²) >= 11 is 8.42. The molecule has 2 aromatic carbocycles. The number of aliphatic hydroxyl groups is 5. The van der Waals surface area contributed by atoms with Gasteiger partial charge in [-0.25, -0.2) is 0 Å². The molecular weight excluding hydrogens is 666 g/mol. The number of rotatable bonds is 20. The molecule has 1 heterocycles. The number of aromatic nitrogens is 1. The topological polar surface area (TPSA) is 156 Å². The van der Waals surface area contributed by atoms with Crippen molar-refractivity contribution in [1.29, 1.82) is 0 Å². The zero-order chi connectivity index (χ0) is 35.0. The molecule has 266 valence electrons. The average Bonchev–Trinajstić information content (AvgIpc) is 4.06. The van der Waals surface area contributed by atoms with Crippen LogP contribution in [0.3, 0.4) is 0 Å². The van der Waals surface area contributed by atoms with Gasteiger partial charge in [0.25, 0.3) is 0 Å². The van der Waals surface area contributed by atoms with E-state index in [1.807, 2.05) is 30.6 Å². The number of halogens is 1. The lowest BCUT2D eigenvalue weighted by Crippen LogP contribution is -2.50. The molecule has 4 atom stereocenters. The van der Waals surface area contributed by atoms with Gasteiger partial charge in [0.2, 0.25) is 5.91 Å². The SMILES string of the molecule is CC(=O)N(CCCCCSc1ccc(Cl)c(CNC2(c3cnccc3-c3ccccc3OC3CC3)CC2)c1)C[C@H](O)[C@@H](O)[C@H](O)[C@H](O)CO. The van der Waals surface area contributed by atoms with Crippen molar-refractivity contribution in [2.45, 2.75) is 99.4 Å². The minimum Gasteiger partial charge on any atom is -0.490 e. The van der Waals surface area contributed by atoms with Gasteiger partial charge in [-0.15, -0.1) is 11.8 Å². The number of hydrogen-bond donors (Lipinski definition) is 6. The summed E-state index contributed by atoms with van der Waals surface area (Å²) in [6.07, 6.45) is 4.37. The standard InChI is InChI=1S/C37H48ClN3O7S/c1-24(43)41(22-32(44)35(46)36(47)33(45)23-42)17-5-2-6-18-49-27-11-12-31(38)25(19-27)20-40-37(14-15-37)30-21-39-16-13-28(30)29-7-3-4-8-34(29)48-26-9-10-26/h3-4,7-8,11-13,16,19,21,26,32-33,35-36,40,42,44-47H,2,5-6,9-10,14-15,17-18,20,22-23H2,1H3/t32-,33+,35+,36+/m0/s1. The number of carbonyl (C=O) groups excluding carboxylic acids is 1. The predicted molar refractivity (Wildman–Crippen MR) is 190 cm³/mol. The zero-order valence-corrected chi connectivity index (χ0v) is 29.5. The van der Waals surface area contributed by atoms with Gasteiger partial charge in [-0.05, 0) is 91.3 Å². The van der Waals surface area contributed by atoms with Gasteiger partial charge in [-0.2, -0.15) is 0 Å². The van der Waals surface area contributed by atoms with Crippen molar-refractivity contribution >= 4 is 29.3 Å². The summed E-state index contributed by atoms with van der Waals surface area (Å²) in [7, 11) is 0. The molecule has 0 spiro atoms. The largest absolute Gasteiger partial charge is 0.490 e. The normalized spacial score (nSPS) is 17.6. The number of pyridine rings is 1. The van der Waals surface area contributed by atoms with E-state index in [-0.39, 0.29) is 18.0 Å². The highest BCUT2D eigenvalue weighted by Gasteiger charge is 2.46. The summed E-state index contributed by atoms with van der Waals surface area (Å²) < 4.78 is 6.25. The minimum atomic E-state index is -1.72. The Hall–Kier alpha value is -2.74. The number of amides is 1. The van der Waals surface area contributed by atoms with Gasteiger partial charge in [0.05, 0.1) is 12.7 Å². The highest BCUT2D eigenvalue weighted by Crippen LogP contribution is 2.50. The molecule has 6 N–H and O–H groups in total. The Labute approximate surface area is 297 Å². The van der Waals surface area contributed by atoms with Crippen molar-refractivity contribution in [2.75, 3.05) is 25.4 Å². The molecule has 2 fully saturated rings. The van der Waals surface area contributed by atoms with Crippen molar-refractivity contribution in [2.24, 2.45) is 0 Å². The second-order valence-corrected chi connectivity index (χ2v) is 14.7. The smallest absolute Gasteiger partial charge is 0.219 e. The molecule has 0 radical (unpaired) electrons. The van der Waals surface area contributed by atoms with E-state index in [9.17, 15) is 25.2 Å². The fourth-order valence-electron chi connectivity index (χ4n) is 5.92. The number of aliphatic hydroxyl groups excluding tert-OH is 5. The molecular formula is C37H48ClN3O7S. The van der Waals surface area contributed by atoms with E-state index in [2.05, 4.69) is 40.6 Å². The third-order valence-corrected chi connectivity index (χ3v) is 10.7. The van der Waals surface area contributed by atoms with Gasteiger partial charge in [0.15, 0.2) is 0 Å². The molecule has 0 unspecified atom stereocenters. The van der Waals surface area contributed by atoms with E-state index in [0.29, 0.717) is 25.6 Å². The fourth-order valence-corrected chi connectivity index (χ4v) is 7.08. The third-order valence-electron chi connectivity index (χ3n) is 9.24. The summed E-state index contributed by atoms with van der Waals surface area (Å²) in [6.45, 7) is 1.45. The van der Waals surface area contributed by atoms with Crippen molar-refractivity contribution in [3.8, 4) is 16.9 Å². The number of unbranched alkanes of at least 4 members (excludes halogenated alkanes) is 2. The number of thioether (sulfide) groups is 1. The quantitative estimate of drug-likeness (QED) is 0.0739. The fraction of sp³-hybridized carbons (Fsp3) is 0.514. The Bertz CT molecular complexity index is 1540. The van der Waals surface area contributed by atoms with Gasteiger partial charge < -0.3 is 40.5 Å². The molecule has 3 aromatic rings. The van der Waals surface area contributed by atoms with Crippen LogP contribution in [-0.4, -0.2) is 97.3 Å². The van der Waals surface area contributed by atoms with E-state index < -0.39 is 31.0 Å². The first-order chi connectivity index (χ1) is 23.6. The Morgan fingerprint density at radius 3 is 2.51 bits per heavy atom. The first-order valence-electron chi connectivity index (χ1n) is 17.1. The maximum absolute atomic E-state index is 12.1. The molecule has 12 heteroatoms. The number of hydrogen-bond acceptors (Lipinski definition) is 10. The summed E-state index contributed by atoms with van der Waals surface area (Å²) in [4.78, 5) is 19.2. The number of para-hydroxylation sites is 1. The van der Waals surface area contributed by atoms with E-state index in [1.165, 1.54) is 17.4 Å². The molecule has 2 saturated carbocycles. The molecule has 2 aliphatic rings. The summed E-state index contributed by atoms with van der Waals surface area (Å²) in [6, 6.07) is 16.5. The molecule has 5 rings (SSSR count). The number of carbonyl (C=O) groups is 1. The molecule has 49 heavy (non-hydrogen) atoms. The van der Waals surface area contributed by atoms with Crippen molar-refractivity contribution in [3.63, 3.8) is 0 Å². The maximum atomic E-state index is 12.1. The highest BCUT2D eigenvalue weighted by atomic mass is 35.5. The number of benzene rings is 2. The lowest BCUT2D eigenvalue weighted by atomic mass is 9.94. The van der Waals surface area contributed by atoms with Crippen LogP contribution in [0.2, 0.25) is 5.02 Å². The number of nitrogens with one attached hydrogen (secondary N) is 1. The highest BCUT2D eigenvalue weighted by molar-refractivity contribution is 7.99. The lowest BCUT2D eigenvalue weighted by molar-refractivity contribution is -0.138. The number of ether oxygens (including phenoxy) is 1. The summed E-state index contributed by atoms with van der Waals surface area (Å²) in [5.74, 6) is 1.54. The van der Waals surface area contributed by atoms with Gasteiger partial charge in [-0.1, -0.05) is 36.2 Å². The summed E-state index contributed by atoms with van der Waals surface area (Å²) in [5.41, 5.74) is 4.27. The predicted octanol–water partition coefficient (Wildman–Crippen LogP) is 4.27. The second kappa shape index (κ2) is 17.5. The maximum Gasteiger partial charge on any atom is 0.219 e. The third kappa shape index (κ3) is 10.2. The molecule has 0 bridgehead atoms. The Morgan fingerprint density at radius 1 is 1.04 bits per heavy atom. The van der Waals surface area contributed by atoms with Crippen LogP contribution in [0.15, 0.2) is 65.8 Å². The van der Waals surface area contributed by atoms with Gasteiger partial charge >= 0.3 is 0 Å². The van der Waals surface area contributed by atoms with E-state index >= 15 is 0 Å². The van der Waals surface area contributed by atoms with Crippen LogP contribution in [0.5, 0.6) is 5.75 Å². The molecule has 0 aliphatic heterocycles. The number of nitrogens with zero attached hydrogens (tertiary/aromatic N) is 2. The van der Waals surface area contributed by atoms with Crippen molar-refractivity contribution in [3.05, 3.63) is 77.1 Å². The first kappa shape index (κ1) is 37.5. The second-order valence-electron chi connectivity index (χ2n) is 13.1. The lowest BCUT2D eigenvalue weighted by Gasteiger charge is -2.30. The van der Waals surface area contributed by atoms with Crippen molar-refractivity contribution in [1.82, 2.24) is 15.2 Å². The first-order valence-corrected chi connectivity index (χ1v) is 18.4. The van der Waals surface area contributed by atoms with Crippen LogP contribution in [0.25, 0.3) is 11.1 Å². The van der Waals surface area contributed by atoms with Gasteiger partial charge in [-0.3, -0.25) is 9.78 Å². The van der Waals surface area contributed by atoms with Crippen LogP contribution in [0.1, 0.15) is 63.0 Å². The minimum absolute atomic E-state index is 0.175. The van der Waals surface area contributed by atoms with Crippen LogP contribution in [0.4, 0.5) is 0 Å². The van der Waals surface area contributed by atoms with Crippen LogP contribution in [-0.2, 0) is 16.9 Å². The van der Waals surface area contributed by atoms with Gasteiger partial charge in [0.1, 0.15) is 30.2 Å². The van der Waals surface area contributed by atoms with E-state index in [1.54, 1.807) is 11.8 Å². The van der Waals surface area contributed by atoms with Crippen LogP contribution >= 0.6 is 23.4 Å². The Balaban J connectivity index is 1.10. The molecule has 1 amide bonds. The monoisotopic (exact) mass is 713 g/mol. The molecule has 0 saturated heterocycles. The van der Waals surface area contributed by atoms with E-state index in [4.69, 9.17) is 21.4 Å². The molecule has 10 nitrogen and oxygen atoms in total. The average molecular weight is 714 g/mol. The Kier molecular flexibility index (Phi) is 13.4. The van der Waals surface area contributed by atoms with Crippen LogP contribution < -0.4 is 10.1 Å². The zero-order valence-electron chi connectivity index (χ0n) is 27.9.